The van der Waals surface area contributed by atoms with Gasteiger partial charge in [0.05, 0.1) is 12.3 Å². The molecule has 0 aliphatic carbocycles. The number of rotatable bonds is 4. The number of para-hydroxylation sites is 2. The van der Waals surface area contributed by atoms with Crippen LogP contribution in [-0.4, -0.2) is 78.1 Å². The van der Waals surface area contributed by atoms with E-state index >= 15 is 0 Å². The molecule has 5 rings (SSSR count). The van der Waals surface area contributed by atoms with Crippen molar-refractivity contribution in [2.75, 3.05) is 44.6 Å². The van der Waals surface area contributed by atoms with Crippen molar-refractivity contribution in [3.05, 3.63) is 24.3 Å². The molecule has 1 aromatic rings. The molecular formula is C25H36N4O3. The Morgan fingerprint density at radius 1 is 1.12 bits per heavy atom. The fourth-order valence-corrected chi connectivity index (χ4v) is 6.43. The number of nitrogens with zero attached hydrogens (tertiary/aromatic N) is 3. The maximum absolute atomic E-state index is 12.9. The fraction of sp³-hybridized carbons (Fsp3) is 0.680. The number of urea groups is 1. The van der Waals surface area contributed by atoms with Crippen molar-refractivity contribution >= 4 is 17.6 Å². The zero-order valence-corrected chi connectivity index (χ0v) is 19.2. The maximum Gasteiger partial charge on any atom is 0.321 e. The number of carbonyl (C=O) groups is 2. The van der Waals surface area contributed by atoms with E-state index in [1.807, 2.05) is 36.1 Å². The minimum Gasteiger partial charge on any atom is -0.492 e. The highest BCUT2D eigenvalue weighted by Gasteiger charge is 2.45. The molecule has 174 valence electrons. The van der Waals surface area contributed by atoms with E-state index in [1.54, 1.807) is 0 Å². The van der Waals surface area contributed by atoms with Gasteiger partial charge in [-0.1, -0.05) is 12.1 Å². The van der Waals surface area contributed by atoms with E-state index in [0.717, 1.165) is 64.1 Å². The molecule has 0 radical (unpaired) electrons. The molecule has 0 unspecified atom stereocenters. The average molecular weight is 441 g/mol. The normalized spacial score (nSPS) is 28.9. The Hall–Kier alpha value is -2.28. The predicted molar refractivity (Wildman–Crippen MR) is 124 cm³/mol. The third-order valence-electron chi connectivity index (χ3n) is 7.90. The van der Waals surface area contributed by atoms with Crippen LogP contribution in [0.4, 0.5) is 10.5 Å². The average Bonchev–Trinajstić information content (AvgIpc) is 2.81. The quantitative estimate of drug-likeness (QED) is 0.779. The van der Waals surface area contributed by atoms with Crippen molar-refractivity contribution in [3.8, 4) is 5.75 Å². The molecule has 0 aromatic heterocycles. The zero-order chi connectivity index (χ0) is 22.1. The summed E-state index contributed by atoms with van der Waals surface area (Å²) < 4.78 is 5.64. The fourth-order valence-electron chi connectivity index (χ4n) is 6.43. The Kier molecular flexibility index (Phi) is 6.26. The highest BCUT2D eigenvalue weighted by Crippen LogP contribution is 2.39. The molecule has 0 saturated carbocycles. The van der Waals surface area contributed by atoms with Crippen LogP contribution in [0.5, 0.6) is 5.75 Å². The molecule has 1 N–H and O–H groups in total. The molecule has 0 spiro atoms. The molecule has 3 amide bonds. The number of nitrogens with one attached hydrogen (secondary N) is 1. The molecule has 3 atom stereocenters. The number of amides is 3. The zero-order valence-electron chi connectivity index (χ0n) is 19.2. The predicted octanol–water partition coefficient (Wildman–Crippen LogP) is 3.41. The van der Waals surface area contributed by atoms with Gasteiger partial charge in [-0.15, -0.1) is 0 Å². The van der Waals surface area contributed by atoms with Crippen LogP contribution >= 0.6 is 0 Å². The molecule has 4 fully saturated rings. The van der Waals surface area contributed by atoms with Crippen molar-refractivity contribution in [1.82, 2.24) is 14.7 Å². The van der Waals surface area contributed by atoms with Crippen molar-refractivity contribution < 1.29 is 14.3 Å². The molecule has 7 heteroatoms. The number of piperidine rings is 4. The van der Waals surface area contributed by atoms with Gasteiger partial charge in [0.15, 0.2) is 0 Å². The summed E-state index contributed by atoms with van der Waals surface area (Å²) in [4.78, 5) is 32.1. The van der Waals surface area contributed by atoms with Gasteiger partial charge in [-0.25, -0.2) is 4.79 Å². The smallest absolute Gasteiger partial charge is 0.321 e. The van der Waals surface area contributed by atoms with Crippen LogP contribution in [0.1, 0.15) is 45.4 Å². The number of hydrogen-bond donors (Lipinski definition) is 1. The number of likely N-dealkylation sites (tertiary alicyclic amines) is 2. The Morgan fingerprint density at radius 3 is 2.75 bits per heavy atom. The highest BCUT2D eigenvalue weighted by molar-refractivity contribution is 5.91. The van der Waals surface area contributed by atoms with Gasteiger partial charge in [0, 0.05) is 51.2 Å². The van der Waals surface area contributed by atoms with Crippen LogP contribution in [0, 0.1) is 11.8 Å². The minimum atomic E-state index is -0.0394. The molecule has 7 nitrogen and oxygen atoms in total. The molecule has 4 saturated heterocycles. The second-order valence-corrected chi connectivity index (χ2v) is 9.90. The second kappa shape index (κ2) is 9.30. The molecule has 4 aliphatic rings. The number of benzene rings is 1. The van der Waals surface area contributed by atoms with Crippen LogP contribution in [0.25, 0.3) is 0 Å². The van der Waals surface area contributed by atoms with Crippen molar-refractivity contribution in [2.24, 2.45) is 11.8 Å². The van der Waals surface area contributed by atoms with Crippen molar-refractivity contribution in [1.29, 1.82) is 0 Å². The number of fused-ring (bicyclic) bond motifs is 4. The first-order chi connectivity index (χ1) is 15.6. The summed E-state index contributed by atoms with van der Waals surface area (Å²) in [6, 6.07) is 8.59. The molecule has 4 heterocycles. The van der Waals surface area contributed by atoms with E-state index in [9.17, 15) is 9.59 Å². The first kappa shape index (κ1) is 21.6. The van der Waals surface area contributed by atoms with Crippen LogP contribution in [0.2, 0.25) is 0 Å². The summed E-state index contributed by atoms with van der Waals surface area (Å²) >= 11 is 0. The van der Waals surface area contributed by atoms with E-state index in [4.69, 9.17) is 4.74 Å². The van der Waals surface area contributed by atoms with Crippen LogP contribution in [-0.2, 0) is 4.79 Å². The van der Waals surface area contributed by atoms with Gasteiger partial charge in [0.2, 0.25) is 5.91 Å². The van der Waals surface area contributed by atoms with Crippen molar-refractivity contribution in [3.63, 3.8) is 0 Å². The first-order valence-electron chi connectivity index (χ1n) is 12.4. The lowest BCUT2D eigenvalue weighted by atomic mass is 9.75. The monoisotopic (exact) mass is 440 g/mol. The van der Waals surface area contributed by atoms with Crippen LogP contribution in [0.15, 0.2) is 24.3 Å². The third-order valence-corrected chi connectivity index (χ3v) is 7.90. The summed E-state index contributed by atoms with van der Waals surface area (Å²) in [6.45, 7) is 7.26. The summed E-state index contributed by atoms with van der Waals surface area (Å²) in [6.07, 6.45) is 6.31. The highest BCUT2D eigenvalue weighted by atomic mass is 16.5. The van der Waals surface area contributed by atoms with Crippen LogP contribution in [0.3, 0.4) is 0 Å². The van der Waals surface area contributed by atoms with Gasteiger partial charge < -0.3 is 19.9 Å². The molecule has 2 bridgehead atoms. The van der Waals surface area contributed by atoms with E-state index in [0.29, 0.717) is 42.2 Å². The van der Waals surface area contributed by atoms with Gasteiger partial charge >= 0.3 is 6.03 Å². The lowest BCUT2D eigenvalue weighted by Gasteiger charge is -2.54. The lowest BCUT2D eigenvalue weighted by molar-refractivity contribution is -0.145. The number of carbonyl (C=O) groups excluding carboxylic acids is 2. The van der Waals surface area contributed by atoms with E-state index in [-0.39, 0.29) is 6.03 Å². The van der Waals surface area contributed by atoms with Gasteiger partial charge in [-0.3, -0.25) is 9.69 Å². The van der Waals surface area contributed by atoms with E-state index < -0.39 is 0 Å². The lowest BCUT2D eigenvalue weighted by Crippen LogP contribution is -2.62. The number of ether oxygens (including phenoxy) is 1. The number of anilines is 1. The summed E-state index contributed by atoms with van der Waals surface area (Å²) in [7, 11) is 0. The Bertz CT molecular complexity index is 838. The van der Waals surface area contributed by atoms with Crippen molar-refractivity contribution in [2.45, 2.75) is 57.5 Å². The van der Waals surface area contributed by atoms with E-state index in [1.165, 1.54) is 12.8 Å². The topological polar surface area (TPSA) is 65.1 Å². The van der Waals surface area contributed by atoms with Crippen LogP contribution < -0.4 is 10.1 Å². The standard InChI is InChI=1S/C25H36N4O3/c1-2-32-23-8-4-3-6-21(23)26-25(31)27-12-10-20(11-13-27)28-15-18-14-19(17-28)22-7-5-9-24(30)29(22)16-18/h3-4,6,8,18-20,22H,2,5,7,9-17H2,1H3,(H,26,31)/t18-,19-,22-/m1/s1. The molecule has 4 aliphatic heterocycles. The third kappa shape index (κ3) is 4.32. The first-order valence-corrected chi connectivity index (χ1v) is 12.4. The second-order valence-electron chi connectivity index (χ2n) is 9.90. The largest absolute Gasteiger partial charge is 0.492 e. The summed E-state index contributed by atoms with van der Waals surface area (Å²) in [5.74, 6) is 2.34. The summed E-state index contributed by atoms with van der Waals surface area (Å²) in [5.41, 5.74) is 0.733. The van der Waals surface area contributed by atoms with Gasteiger partial charge in [-0.05, 0) is 63.0 Å². The van der Waals surface area contributed by atoms with E-state index in [2.05, 4.69) is 15.1 Å². The summed E-state index contributed by atoms with van der Waals surface area (Å²) in [5, 5.41) is 3.04. The van der Waals surface area contributed by atoms with Gasteiger partial charge in [0.25, 0.3) is 0 Å². The SMILES string of the molecule is CCOc1ccccc1NC(=O)N1CCC(N2C[C@H]3C[C@H](C2)[C@H]2CCCC(=O)N2C3)CC1. The molecule has 1 aromatic carbocycles. The minimum absolute atomic E-state index is 0.0394. The molecule has 32 heavy (non-hydrogen) atoms. The maximum atomic E-state index is 12.9. The Morgan fingerprint density at radius 2 is 1.94 bits per heavy atom. The van der Waals surface area contributed by atoms with Gasteiger partial charge in [-0.2, -0.15) is 0 Å². The Labute approximate surface area is 191 Å². The number of hydrogen-bond acceptors (Lipinski definition) is 4. The molecular weight excluding hydrogens is 404 g/mol. The Balaban J connectivity index is 1.15. The van der Waals surface area contributed by atoms with Gasteiger partial charge in [0.1, 0.15) is 5.75 Å².